The van der Waals surface area contributed by atoms with Crippen molar-refractivity contribution in [1.82, 2.24) is 9.80 Å². The Labute approximate surface area is 209 Å². The summed E-state index contributed by atoms with van der Waals surface area (Å²) >= 11 is 0. The minimum Gasteiger partial charge on any atom is -0.453 e. The fourth-order valence-electron chi connectivity index (χ4n) is 4.55. The lowest BCUT2D eigenvalue weighted by Gasteiger charge is -2.31. The number of imide groups is 1. The third-order valence-electron chi connectivity index (χ3n) is 6.38. The van der Waals surface area contributed by atoms with Gasteiger partial charge in [-0.2, -0.15) is 0 Å². The van der Waals surface area contributed by atoms with Crippen LogP contribution in [0.5, 0.6) is 0 Å². The number of hydrogen-bond donors (Lipinski definition) is 0. The Hall–Kier alpha value is -3.20. The highest BCUT2D eigenvalue weighted by molar-refractivity contribution is 6.21. The standard InChI is InChI=1S/C26H26N2O6.ClH/c1-16-7-8-22-21(13-16)17(2)23(34-22)26(31)33-18(14-27-9-11-32-12-10-27)15-28-24(29)19-5-3-4-6-20(19)25(28)30;/h3-8,13,18H,9-12,14-15H2,1-2H3;1H. The second-order valence-corrected chi connectivity index (χ2v) is 8.76. The Balaban J connectivity index is 0.00000289. The zero-order chi connectivity index (χ0) is 23.8. The first-order chi connectivity index (χ1) is 16.4. The molecule has 0 spiro atoms. The maximum Gasteiger partial charge on any atom is 0.374 e. The molecule has 0 N–H and O–H groups in total. The molecule has 0 radical (unpaired) electrons. The number of carbonyl (C=O) groups excluding carboxylic acids is 3. The topological polar surface area (TPSA) is 89.3 Å². The van der Waals surface area contributed by atoms with Crippen LogP contribution in [-0.4, -0.2) is 73.1 Å². The van der Waals surface area contributed by atoms with Gasteiger partial charge in [-0.15, -0.1) is 12.4 Å². The van der Waals surface area contributed by atoms with Crippen molar-refractivity contribution >= 4 is 41.2 Å². The molecule has 3 heterocycles. The van der Waals surface area contributed by atoms with E-state index in [0.29, 0.717) is 55.1 Å². The van der Waals surface area contributed by atoms with E-state index in [1.807, 2.05) is 32.0 Å². The molecule has 1 aromatic heterocycles. The minimum absolute atomic E-state index is 0. The molecule has 2 aliphatic heterocycles. The number of amides is 2. The summed E-state index contributed by atoms with van der Waals surface area (Å²) < 4.78 is 17.1. The summed E-state index contributed by atoms with van der Waals surface area (Å²) in [5.41, 5.74) is 3.11. The van der Waals surface area contributed by atoms with Gasteiger partial charge in [-0.25, -0.2) is 4.79 Å². The molecule has 3 aromatic rings. The summed E-state index contributed by atoms with van der Waals surface area (Å²) in [6.45, 7) is 6.66. The number of benzene rings is 2. The highest BCUT2D eigenvalue weighted by atomic mass is 35.5. The summed E-state index contributed by atoms with van der Waals surface area (Å²) in [6, 6.07) is 12.4. The first-order valence-electron chi connectivity index (χ1n) is 11.4. The Bertz CT molecular complexity index is 1250. The normalized spacial score (nSPS) is 16.8. The van der Waals surface area contributed by atoms with Gasteiger partial charge >= 0.3 is 5.97 Å². The summed E-state index contributed by atoms with van der Waals surface area (Å²) in [5.74, 6) is -1.23. The van der Waals surface area contributed by atoms with Gasteiger partial charge in [0, 0.05) is 30.6 Å². The monoisotopic (exact) mass is 498 g/mol. The molecule has 35 heavy (non-hydrogen) atoms. The lowest BCUT2D eigenvalue weighted by Crippen LogP contribution is -2.47. The van der Waals surface area contributed by atoms with Gasteiger partial charge in [0.1, 0.15) is 11.7 Å². The van der Waals surface area contributed by atoms with E-state index in [1.54, 1.807) is 24.3 Å². The summed E-state index contributed by atoms with van der Waals surface area (Å²) in [4.78, 5) is 42.3. The van der Waals surface area contributed by atoms with Crippen LogP contribution in [0.15, 0.2) is 46.9 Å². The Morgan fingerprint density at radius 1 is 1.00 bits per heavy atom. The third-order valence-corrected chi connectivity index (χ3v) is 6.38. The largest absolute Gasteiger partial charge is 0.453 e. The molecular formula is C26H27ClN2O6. The molecule has 8 nitrogen and oxygen atoms in total. The van der Waals surface area contributed by atoms with Crippen molar-refractivity contribution < 1.29 is 28.3 Å². The Kier molecular flexibility index (Phi) is 7.25. The van der Waals surface area contributed by atoms with E-state index in [4.69, 9.17) is 13.9 Å². The van der Waals surface area contributed by atoms with E-state index >= 15 is 0 Å². The summed E-state index contributed by atoms with van der Waals surface area (Å²) in [6.07, 6.45) is -0.720. The molecule has 1 fully saturated rings. The zero-order valence-electron chi connectivity index (χ0n) is 19.6. The first-order valence-corrected chi connectivity index (χ1v) is 11.4. The minimum atomic E-state index is -0.720. The quantitative estimate of drug-likeness (QED) is 0.378. The van der Waals surface area contributed by atoms with Gasteiger partial charge in [-0.1, -0.05) is 23.8 Å². The molecule has 0 aliphatic carbocycles. The second kappa shape index (κ2) is 10.2. The maximum absolute atomic E-state index is 13.2. The van der Waals surface area contributed by atoms with Gasteiger partial charge in [0.05, 0.1) is 30.9 Å². The lowest BCUT2D eigenvalue weighted by molar-refractivity contribution is -0.0121. The predicted molar refractivity (Wildman–Crippen MR) is 131 cm³/mol. The van der Waals surface area contributed by atoms with E-state index in [-0.39, 0.29) is 36.5 Å². The van der Waals surface area contributed by atoms with Crippen molar-refractivity contribution in [3.05, 3.63) is 70.5 Å². The van der Waals surface area contributed by atoms with Crippen molar-refractivity contribution in [3.8, 4) is 0 Å². The molecule has 0 saturated carbocycles. The van der Waals surface area contributed by atoms with Crippen LogP contribution in [0.25, 0.3) is 11.0 Å². The van der Waals surface area contributed by atoms with E-state index in [1.165, 1.54) is 0 Å². The van der Waals surface area contributed by atoms with Gasteiger partial charge in [0.25, 0.3) is 11.8 Å². The SMILES string of the molecule is Cc1ccc2oc(C(=O)OC(CN3CCOCC3)CN3C(=O)c4ccccc4C3=O)c(C)c2c1.Cl. The Morgan fingerprint density at radius 3 is 2.31 bits per heavy atom. The van der Waals surface area contributed by atoms with Crippen molar-refractivity contribution in [1.29, 1.82) is 0 Å². The predicted octanol–water partition coefficient (Wildman–Crippen LogP) is 3.63. The molecule has 2 aromatic carbocycles. The fraction of sp³-hybridized carbons (Fsp3) is 0.346. The first kappa shape index (κ1) is 24.9. The van der Waals surface area contributed by atoms with Gasteiger partial charge in [0.2, 0.25) is 5.76 Å². The number of ether oxygens (including phenoxy) is 2. The molecule has 1 unspecified atom stereocenters. The third kappa shape index (κ3) is 4.82. The smallest absolute Gasteiger partial charge is 0.374 e. The number of nitrogens with zero attached hydrogens (tertiary/aromatic N) is 2. The van der Waals surface area contributed by atoms with Crippen LogP contribution in [0.4, 0.5) is 0 Å². The van der Waals surface area contributed by atoms with Crippen molar-refractivity contribution in [2.24, 2.45) is 0 Å². The van der Waals surface area contributed by atoms with E-state index in [2.05, 4.69) is 4.90 Å². The van der Waals surface area contributed by atoms with E-state index in [9.17, 15) is 14.4 Å². The van der Waals surface area contributed by atoms with Gasteiger partial charge in [-0.3, -0.25) is 19.4 Å². The second-order valence-electron chi connectivity index (χ2n) is 8.76. The maximum atomic E-state index is 13.2. The molecule has 0 bridgehead atoms. The van der Waals surface area contributed by atoms with Crippen LogP contribution in [0.2, 0.25) is 0 Å². The van der Waals surface area contributed by atoms with Gasteiger partial charge in [0.15, 0.2) is 0 Å². The summed E-state index contributed by atoms with van der Waals surface area (Å²) in [5, 5.41) is 0.858. The highest BCUT2D eigenvalue weighted by Gasteiger charge is 2.38. The number of fused-ring (bicyclic) bond motifs is 2. The number of esters is 1. The number of carbonyl (C=O) groups is 3. The molecule has 9 heteroatoms. The summed E-state index contributed by atoms with van der Waals surface area (Å²) in [7, 11) is 0. The molecule has 1 saturated heterocycles. The van der Waals surface area contributed by atoms with E-state index < -0.39 is 12.1 Å². The van der Waals surface area contributed by atoms with E-state index in [0.717, 1.165) is 15.8 Å². The van der Waals surface area contributed by atoms with Crippen molar-refractivity contribution in [3.63, 3.8) is 0 Å². The number of halogens is 1. The number of aryl methyl sites for hydroxylation is 2. The molecule has 2 amide bonds. The van der Waals surface area contributed by atoms with Crippen LogP contribution in [-0.2, 0) is 9.47 Å². The van der Waals surface area contributed by atoms with Crippen molar-refractivity contribution in [2.45, 2.75) is 20.0 Å². The Morgan fingerprint density at radius 2 is 1.66 bits per heavy atom. The lowest BCUT2D eigenvalue weighted by atomic mass is 10.1. The van der Waals surface area contributed by atoms with Crippen LogP contribution < -0.4 is 0 Å². The van der Waals surface area contributed by atoms with Crippen molar-refractivity contribution in [2.75, 3.05) is 39.4 Å². The molecule has 5 rings (SSSR count). The van der Waals surface area contributed by atoms with Crippen LogP contribution in [0, 0.1) is 13.8 Å². The molecule has 2 aliphatic rings. The highest BCUT2D eigenvalue weighted by Crippen LogP contribution is 2.28. The zero-order valence-corrected chi connectivity index (χ0v) is 20.4. The fourth-order valence-corrected chi connectivity index (χ4v) is 4.55. The number of furan rings is 1. The molecular weight excluding hydrogens is 472 g/mol. The van der Waals surface area contributed by atoms with Gasteiger partial charge in [-0.05, 0) is 38.1 Å². The van der Waals surface area contributed by atoms with Crippen LogP contribution in [0.1, 0.15) is 42.4 Å². The number of rotatable bonds is 6. The number of hydrogen-bond acceptors (Lipinski definition) is 7. The average Bonchev–Trinajstić information content (AvgIpc) is 3.29. The molecule has 184 valence electrons. The number of morpholine rings is 1. The average molecular weight is 499 g/mol. The molecule has 1 atom stereocenters. The van der Waals surface area contributed by atoms with Crippen LogP contribution in [0.3, 0.4) is 0 Å². The van der Waals surface area contributed by atoms with Gasteiger partial charge < -0.3 is 13.9 Å². The van der Waals surface area contributed by atoms with Crippen LogP contribution >= 0.6 is 12.4 Å².